The van der Waals surface area contributed by atoms with E-state index in [0.717, 1.165) is 0 Å². The second kappa shape index (κ2) is 36.6. The average molecular weight is 1060 g/mol. The molecule has 0 heterocycles. The first-order valence-corrected chi connectivity index (χ1v) is 25.8. The molecular weight excluding hydrogens is 983 g/mol. The highest BCUT2D eigenvalue weighted by Gasteiger charge is 2.34. The second-order valence-electron chi connectivity index (χ2n) is 18.2. The molecule has 6 atom stereocenters. The third kappa shape index (κ3) is 25.8. The number of carbonyl (C=O) groups excluding carboxylic acids is 8. The molecule has 0 fully saturated rings. The summed E-state index contributed by atoms with van der Waals surface area (Å²) in [5, 5.41) is 23.0. The van der Waals surface area contributed by atoms with Crippen molar-refractivity contribution in [2.45, 2.75) is 152 Å². The van der Waals surface area contributed by atoms with Crippen molar-refractivity contribution in [1.29, 1.82) is 0 Å². The van der Waals surface area contributed by atoms with Crippen LogP contribution in [0.4, 0.5) is 0 Å². The number of amides is 5. The Kier molecular flexibility index (Phi) is 30.4. The van der Waals surface area contributed by atoms with Gasteiger partial charge in [0.05, 0.1) is 6.04 Å². The van der Waals surface area contributed by atoms with Gasteiger partial charge in [0.15, 0.2) is 0 Å². The maximum absolute atomic E-state index is 14.5. The summed E-state index contributed by atoms with van der Waals surface area (Å²) in [5.74, 6) is -8.01. The average Bonchev–Trinajstić information content (AvgIpc) is 3.42. The number of hydrogen-bond donors (Lipinski definition) is 10. The summed E-state index contributed by atoms with van der Waals surface area (Å²) in [4.78, 5) is 121. The third-order valence-corrected chi connectivity index (χ3v) is 12.0. The number of carboxylic acids is 1. The molecule has 0 radical (unpaired) electrons. The van der Waals surface area contributed by atoms with E-state index >= 15 is 0 Å². The van der Waals surface area contributed by atoms with E-state index in [9.17, 15) is 48.3 Å². The summed E-state index contributed by atoms with van der Waals surface area (Å²) in [7, 11) is 0. The lowest BCUT2D eigenvalue weighted by molar-refractivity contribution is -0.148. The highest BCUT2D eigenvalue weighted by atomic mass is 16.5. The van der Waals surface area contributed by atoms with E-state index in [4.69, 9.17) is 37.1 Å². The van der Waals surface area contributed by atoms with E-state index in [0.29, 0.717) is 74.7 Å². The lowest BCUT2D eigenvalue weighted by atomic mass is 10.0. The summed E-state index contributed by atoms with van der Waals surface area (Å²) in [6.07, 6.45) is 0.964. The second-order valence-corrected chi connectivity index (χ2v) is 18.2. The number of rotatable bonds is 38. The Balaban J connectivity index is 1.91. The van der Waals surface area contributed by atoms with Gasteiger partial charge in [0, 0.05) is 19.3 Å². The number of carboxylic acid groups (broad SMARTS) is 1. The van der Waals surface area contributed by atoms with Crippen LogP contribution in [0.3, 0.4) is 0 Å². The fourth-order valence-corrected chi connectivity index (χ4v) is 7.54. The van der Waals surface area contributed by atoms with Gasteiger partial charge in [-0.15, -0.1) is 0 Å². The predicted octanol–water partition coefficient (Wildman–Crippen LogP) is 1.78. The first-order valence-electron chi connectivity index (χ1n) is 25.8. The van der Waals surface area contributed by atoms with Gasteiger partial charge in [-0.2, -0.15) is 0 Å². The van der Waals surface area contributed by atoms with E-state index < -0.39 is 128 Å². The summed E-state index contributed by atoms with van der Waals surface area (Å²) in [6.45, 7) is 0.715. The van der Waals surface area contributed by atoms with E-state index in [-0.39, 0.29) is 39.2 Å². The Morgan fingerprint density at radius 2 is 0.658 bits per heavy atom. The molecule has 5 amide bonds. The Morgan fingerprint density at radius 3 is 0.974 bits per heavy atom. The zero-order valence-corrected chi connectivity index (χ0v) is 43.1. The third-order valence-electron chi connectivity index (χ3n) is 12.0. The maximum atomic E-state index is 14.5. The number of ether oxygens (including phenoxy) is 3. The molecule has 0 spiro atoms. The van der Waals surface area contributed by atoms with Crippen LogP contribution in [-0.2, 0) is 77.2 Å². The van der Waals surface area contributed by atoms with E-state index in [1.54, 1.807) is 91.0 Å². The molecule has 14 N–H and O–H groups in total. The molecule has 0 bridgehead atoms. The molecule has 0 aliphatic carbocycles. The molecule has 0 unspecified atom stereocenters. The van der Waals surface area contributed by atoms with Crippen LogP contribution in [0.1, 0.15) is 113 Å². The molecule has 22 nitrogen and oxygen atoms in total. The highest BCUT2D eigenvalue weighted by Crippen LogP contribution is 2.13. The zero-order valence-electron chi connectivity index (χ0n) is 43.1. The lowest BCUT2D eigenvalue weighted by Gasteiger charge is -2.27. The maximum Gasteiger partial charge on any atom is 0.326 e. The Morgan fingerprint density at radius 1 is 0.382 bits per heavy atom. The normalized spacial score (nSPS) is 13.3. The standard InChI is InChI=1S/C54H77N9O13/c55-31-13-10-22-40(58)49(67)59-41(23-11-14-32-56)50(68)60-42(24-12-15-33-57)51(69)61-43(25-28-46(64)74-34-37-16-4-1-5-17-37)52(70)62-44(26-29-47(65)75-35-38-18-6-2-7-19-38)53(71)63-45(54(72)73)27-30-48(66)76-36-39-20-8-3-9-21-39/h1-9,16-21,40-45H,10-15,22-36,55-58H2,(H,59,67)(H,60,68)(H,61,69)(H,62,70)(H,63,71)(H,72,73)/t40-,41-,42-,43-,44-,45-/m0/s1. The monoisotopic (exact) mass is 1060 g/mol. The van der Waals surface area contributed by atoms with Crippen molar-refractivity contribution in [3.63, 3.8) is 0 Å². The number of benzene rings is 3. The van der Waals surface area contributed by atoms with E-state index in [1.165, 1.54) is 0 Å². The largest absolute Gasteiger partial charge is 0.480 e. The minimum Gasteiger partial charge on any atom is -0.480 e. The molecule has 3 rings (SSSR count). The van der Waals surface area contributed by atoms with Gasteiger partial charge in [0.1, 0.15) is 50.0 Å². The van der Waals surface area contributed by atoms with Gasteiger partial charge in [0.25, 0.3) is 0 Å². The molecule has 416 valence electrons. The van der Waals surface area contributed by atoms with Crippen molar-refractivity contribution in [3.05, 3.63) is 108 Å². The molecule has 22 heteroatoms. The van der Waals surface area contributed by atoms with Gasteiger partial charge in [-0.1, -0.05) is 97.4 Å². The number of nitrogens with one attached hydrogen (secondary N) is 5. The predicted molar refractivity (Wildman–Crippen MR) is 280 cm³/mol. The number of esters is 3. The van der Waals surface area contributed by atoms with Crippen LogP contribution >= 0.6 is 0 Å². The van der Waals surface area contributed by atoms with Crippen molar-refractivity contribution in [2.75, 3.05) is 19.6 Å². The Labute approximate surface area is 443 Å². The minimum atomic E-state index is -1.66. The van der Waals surface area contributed by atoms with Gasteiger partial charge < -0.3 is 68.8 Å². The molecule has 0 aromatic heterocycles. The first kappa shape index (κ1) is 63.0. The van der Waals surface area contributed by atoms with Gasteiger partial charge in [-0.05, 0) is 107 Å². The number of unbranched alkanes of at least 4 members (excludes halogenated alkanes) is 3. The van der Waals surface area contributed by atoms with Crippen molar-refractivity contribution in [3.8, 4) is 0 Å². The number of carbonyl (C=O) groups is 9. The molecule has 0 aliphatic rings. The van der Waals surface area contributed by atoms with Crippen molar-refractivity contribution in [1.82, 2.24) is 26.6 Å². The fraction of sp³-hybridized carbons (Fsp3) is 0.500. The minimum absolute atomic E-state index is 0.0246. The van der Waals surface area contributed by atoms with Crippen molar-refractivity contribution >= 4 is 53.4 Å². The van der Waals surface area contributed by atoms with Crippen LogP contribution in [0.5, 0.6) is 0 Å². The first-order chi connectivity index (χ1) is 36.6. The van der Waals surface area contributed by atoms with E-state index in [1.807, 2.05) is 0 Å². The van der Waals surface area contributed by atoms with Crippen molar-refractivity contribution in [2.24, 2.45) is 22.9 Å². The zero-order chi connectivity index (χ0) is 55.5. The number of aliphatic carboxylic acids is 1. The summed E-state index contributed by atoms with van der Waals surface area (Å²) >= 11 is 0. The molecule has 0 saturated heterocycles. The fourth-order valence-electron chi connectivity index (χ4n) is 7.54. The van der Waals surface area contributed by atoms with Gasteiger partial charge >= 0.3 is 23.9 Å². The van der Waals surface area contributed by atoms with Crippen LogP contribution in [0.15, 0.2) is 91.0 Å². The smallest absolute Gasteiger partial charge is 0.326 e. The molecule has 76 heavy (non-hydrogen) atoms. The quantitative estimate of drug-likeness (QED) is 0.0222. The van der Waals surface area contributed by atoms with Crippen LogP contribution in [0.25, 0.3) is 0 Å². The van der Waals surface area contributed by atoms with Crippen LogP contribution in [-0.4, -0.2) is 114 Å². The molecular formula is C54H77N9O13. The Bertz CT molecular complexity index is 2260. The lowest BCUT2D eigenvalue weighted by Crippen LogP contribution is -2.59. The van der Waals surface area contributed by atoms with Crippen LogP contribution < -0.4 is 49.5 Å². The SMILES string of the molecule is NCCCC[C@H](NC(=O)[C@H](CCCCN)NC(=O)[C@@H](N)CCCCN)C(=O)N[C@@H](CCC(=O)OCc1ccccc1)C(=O)N[C@@H](CCC(=O)OCc1ccccc1)C(=O)N[C@@H](CCC(=O)OCc1ccccc1)C(=O)O. The van der Waals surface area contributed by atoms with Gasteiger partial charge in [0.2, 0.25) is 29.5 Å². The molecule has 0 aliphatic heterocycles. The summed E-state index contributed by atoms with van der Waals surface area (Å²) < 4.78 is 16.1. The topological polar surface area (TPSA) is 366 Å². The number of nitrogens with two attached hydrogens (primary N) is 4. The number of hydrogen-bond acceptors (Lipinski definition) is 16. The molecule has 3 aromatic rings. The molecule has 3 aromatic carbocycles. The highest BCUT2D eigenvalue weighted by molar-refractivity contribution is 5.96. The summed E-state index contributed by atoms with van der Waals surface area (Å²) in [6, 6.07) is 18.0. The molecule has 0 saturated carbocycles. The van der Waals surface area contributed by atoms with Crippen LogP contribution in [0, 0.1) is 0 Å². The Hall–Kier alpha value is -7.27. The summed E-state index contributed by atoms with van der Waals surface area (Å²) in [5.41, 5.74) is 25.3. The van der Waals surface area contributed by atoms with Gasteiger partial charge in [-0.25, -0.2) is 4.79 Å². The van der Waals surface area contributed by atoms with E-state index in [2.05, 4.69) is 26.6 Å². The van der Waals surface area contributed by atoms with Crippen molar-refractivity contribution < 1.29 is 62.5 Å². The van der Waals surface area contributed by atoms with Gasteiger partial charge in [-0.3, -0.25) is 38.4 Å². The van der Waals surface area contributed by atoms with Crippen LogP contribution in [0.2, 0.25) is 0 Å².